The lowest BCUT2D eigenvalue weighted by atomic mass is 9.91. The molecule has 0 unspecified atom stereocenters. The van der Waals surface area contributed by atoms with E-state index < -0.39 is 11.7 Å². The first-order valence-electron chi connectivity index (χ1n) is 9.39. The second-order valence-corrected chi connectivity index (χ2v) is 7.10. The molecule has 4 rings (SSSR count). The predicted octanol–water partition coefficient (Wildman–Crippen LogP) is 4.27. The van der Waals surface area contributed by atoms with E-state index in [0.29, 0.717) is 22.6 Å². The van der Waals surface area contributed by atoms with Gasteiger partial charge in [-0.2, -0.15) is 18.3 Å². The van der Waals surface area contributed by atoms with Gasteiger partial charge in [0.15, 0.2) is 0 Å². The molecular formula is C21H20F3N5. The molecular weight excluding hydrogens is 379 g/mol. The van der Waals surface area contributed by atoms with E-state index in [1.165, 1.54) is 6.07 Å². The van der Waals surface area contributed by atoms with Gasteiger partial charge in [0.2, 0.25) is 0 Å². The van der Waals surface area contributed by atoms with Gasteiger partial charge in [0.25, 0.3) is 0 Å². The van der Waals surface area contributed by atoms with Gasteiger partial charge >= 0.3 is 6.18 Å². The maximum absolute atomic E-state index is 13.2. The second kappa shape index (κ2) is 7.79. The van der Waals surface area contributed by atoms with Crippen molar-refractivity contribution in [1.82, 2.24) is 20.5 Å². The van der Waals surface area contributed by atoms with Crippen molar-refractivity contribution in [2.24, 2.45) is 0 Å². The maximum Gasteiger partial charge on any atom is 0.416 e. The Hall–Kier alpha value is -3.00. The smallest absolute Gasteiger partial charge is 0.384 e. The Morgan fingerprint density at radius 2 is 1.76 bits per heavy atom. The molecule has 3 N–H and O–H groups in total. The van der Waals surface area contributed by atoms with Crippen molar-refractivity contribution < 1.29 is 13.2 Å². The molecule has 1 saturated heterocycles. The lowest BCUT2D eigenvalue weighted by Crippen LogP contribution is -2.27. The fourth-order valence-electron chi connectivity index (χ4n) is 3.62. The van der Waals surface area contributed by atoms with Crippen molar-refractivity contribution in [3.8, 4) is 22.4 Å². The minimum Gasteiger partial charge on any atom is -0.384 e. The van der Waals surface area contributed by atoms with Crippen molar-refractivity contribution in [2.45, 2.75) is 24.9 Å². The standard InChI is InChI=1S/C21H20F3N5/c22-21(23,24)16-3-1-2-15(10-16)20-17(14-6-9-27-19(25)11-14)12-18(28-29-20)13-4-7-26-8-5-13/h1-3,6,9-13,26H,4-5,7-8H2,(H2,25,27). The average Bonchev–Trinajstić information content (AvgIpc) is 2.73. The summed E-state index contributed by atoms with van der Waals surface area (Å²) in [5.74, 6) is 0.593. The molecule has 29 heavy (non-hydrogen) atoms. The van der Waals surface area contributed by atoms with Crippen LogP contribution in [-0.4, -0.2) is 28.3 Å². The highest BCUT2D eigenvalue weighted by Crippen LogP contribution is 2.36. The molecule has 0 aliphatic carbocycles. The molecule has 8 heteroatoms. The summed E-state index contributed by atoms with van der Waals surface area (Å²) in [5.41, 5.74) is 8.15. The van der Waals surface area contributed by atoms with E-state index >= 15 is 0 Å². The number of benzene rings is 1. The van der Waals surface area contributed by atoms with Crippen LogP contribution in [0.15, 0.2) is 48.7 Å². The van der Waals surface area contributed by atoms with E-state index in [1.54, 1.807) is 24.4 Å². The number of pyridine rings is 1. The van der Waals surface area contributed by atoms with Gasteiger partial charge < -0.3 is 11.1 Å². The number of nitrogen functional groups attached to an aromatic ring is 1. The summed E-state index contributed by atoms with van der Waals surface area (Å²) in [4.78, 5) is 4.01. The van der Waals surface area contributed by atoms with E-state index in [-0.39, 0.29) is 5.92 Å². The largest absolute Gasteiger partial charge is 0.416 e. The van der Waals surface area contributed by atoms with Crippen molar-refractivity contribution >= 4 is 5.82 Å². The number of rotatable bonds is 3. The van der Waals surface area contributed by atoms with Gasteiger partial charge in [-0.25, -0.2) is 4.98 Å². The summed E-state index contributed by atoms with van der Waals surface area (Å²) in [6.45, 7) is 1.80. The lowest BCUT2D eigenvalue weighted by Gasteiger charge is -2.22. The van der Waals surface area contributed by atoms with Crippen LogP contribution in [0.1, 0.15) is 30.0 Å². The molecule has 1 fully saturated rings. The van der Waals surface area contributed by atoms with Gasteiger partial charge in [-0.15, -0.1) is 5.10 Å². The van der Waals surface area contributed by atoms with Crippen LogP contribution < -0.4 is 11.1 Å². The molecule has 150 valence electrons. The van der Waals surface area contributed by atoms with Crippen LogP contribution in [-0.2, 0) is 6.18 Å². The third-order valence-electron chi connectivity index (χ3n) is 5.13. The van der Waals surface area contributed by atoms with Gasteiger partial charge in [-0.05, 0) is 61.8 Å². The van der Waals surface area contributed by atoms with E-state index in [9.17, 15) is 13.2 Å². The van der Waals surface area contributed by atoms with Crippen molar-refractivity contribution in [3.63, 3.8) is 0 Å². The van der Waals surface area contributed by atoms with E-state index in [1.807, 2.05) is 6.07 Å². The molecule has 0 spiro atoms. The van der Waals surface area contributed by atoms with E-state index in [0.717, 1.165) is 49.3 Å². The number of halogens is 3. The zero-order valence-electron chi connectivity index (χ0n) is 15.6. The summed E-state index contributed by atoms with van der Waals surface area (Å²) in [5, 5.41) is 12.0. The van der Waals surface area contributed by atoms with Gasteiger partial charge in [-0.3, -0.25) is 0 Å². The van der Waals surface area contributed by atoms with Crippen LogP contribution in [0.25, 0.3) is 22.4 Å². The lowest BCUT2D eigenvalue weighted by molar-refractivity contribution is -0.137. The summed E-state index contributed by atoms with van der Waals surface area (Å²) in [6, 6.07) is 10.5. The highest BCUT2D eigenvalue weighted by atomic mass is 19.4. The zero-order chi connectivity index (χ0) is 20.4. The number of anilines is 1. The normalized spacial score (nSPS) is 15.4. The fourth-order valence-corrected chi connectivity index (χ4v) is 3.62. The first-order valence-corrected chi connectivity index (χ1v) is 9.39. The number of hydrogen-bond donors (Lipinski definition) is 2. The second-order valence-electron chi connectivity index (χ2n) is 7.10. The highest BCUT2D eigenvalue weighted by molar-refractivity contribution is 5.81. The van der Waals surface area contributed by atoms with Crippen LogP contribution in [0.5, 0.6) is 0 Å². The molecule has 1 aliphatic heterocycles. The Kier molecular flexibility index (Phi) is 5.19. The predicted molar refractivity (Wildman–Crippen MR) is 105 cm³/mol. The number of alkyl halides is 3. The summed E-state index contributed by atoms with van der Waals surface area (Å²) in [6.07, 6.45) is -0.976. The first kappa shape index (κ1) is 19.3. The molecule has 0 amide bonds. The SMILES string of the molecule is Nc1cc(-c2cc(C3CCNCC3)nnc2-c2cccc(C(F)(F)F)c2)ccn1. The van der Waals surface area contributed by atoms with E-state index in [2.05, 4.69) is 20.5 Å². The number of nitrogens with one attached hydrogen (secondary N) is 1. The fraction of sp³-hybridized carbons (Fsp3) is 0.286. The third kappa shape index (κ3) is 4.22. The number of piperidine rings is 1. The highest BCUT2D eigenvalue weighted by Gasteiger charge is 2.31. The van der Waals surface area contributed by atoms with Crippen LogP contribution in [0.3, 0.4) is 0 Å². The maximum atomic E-state index is 13.2. The monoisotopic (exact) mass is 399 g/mol. The topological polar surface area (TPSA) is 76.7 Å². The molecule has 0 radical (unpaired) electrons. The molecule has 2 aromatic heterocycles. The molecule has 3 aromatic rings. The Morgan fingerprint density at radius 1 is 0.966 bits per heavy atom. The van der Waals surface area contributed by atoms with Crippen molar-refractivity contribution in [1.29, 1.82) is 0 Å². The van der Waals surface area contributed by atoms with Crippen LogP contribution in [0.2, 0.25) is 0 Å². The minimum atomic E-state index is -4.43. The molecule has 1 aliphatic rings. The Labute approximate surface area is 166 Å². The van der Waals surface area contributed by atoms with Crippen LogP contribution in [0.4, 0.5) is 19.0 Å². The Morgan fingerprint density at radius 3 is 2.48 bits per heavy atom. The number of nitrogens with zero attached hydrogens (tertiary/aromatic N) is 3. The zero-order valence-corrected chi connectivity index (χ0v) is 15.6. The van der Waals surface area contributed by atoms with E-state index in [4.69, 9.17) is 5.73 Å². The van der Waals surface area contributed by atoms with Crippen molar-refractivity contribution in [2.75, 3.05) is 18.8 Å². The quantitative estimate of drug-likeness (QED) is 0.688. The molecule has 0 bridgehead atoms. The summed E-state index contributed by atoms with van der Waals surface area (Å²) < 4.78 is 39.6. The molecule has 0 saturated carbocycles. The van der Waals surface area contributed by atoms with Gasteiger partial charge in [0, 0.05) is 23.2 Å². The molecule has 5 nitrogen and oxygen atoms in total. The van der Waals surface area contributed by atoms with Crippen molar-refractivity contribution in [3.05, 3.63) is 59.9 Å². The first-order chi connectivity index (χ1) is 13.9. The summed E-state index contributed by atoms with van der Waals surface area (Å²) >= 11 is 0. The minimum absolute atomic E-state index is 0.261. The molecule has 3 heterocycles. The number of nitrogens with two attached hydrogens (primary N) is 1. The van der Waals surface area contributed by atoms with Gasteiger partial charge in [0.05, 0.1) is 11.3 Å². The number of hydrogen-bond acceptors (Lipinski definition) is 5. The summed E-state index contributed by atoms with van der Waals surface area (Å²) in [7, 11) is 0. The molecule has 0 atom stereocenters. The van der Waals surface area contributed by atoms with Crippen LogP contribution in [0, 0.1) is 0 Å². The van der Waals surface area contributed by atoms with Crippen LogP contribution >= 0.6 is 0 Å². The Balaban J connectivity index is 1.85. The average molecular weight is 399 g/mol. The number of aromatic nitrogens is 3. The molecule has 1 aromatic carbocycles. The van der Waals surface area contributed by atoms with Gasteiger partial charge in [0.1, 0.15) is 11.5 Å². The van der Waals surface area contributed by atoms with Gasteiger partial charge in [-0.1, -0.05) is 12.1 Å². The third-order valence-corrected chi connectivity index (χ3v) is 5.13. The Bertz CT molecular complexity index is 1010.